The minimum Gasteiger partial charge on any atom is -0.396 e. The molecule has 0 fully saturated rings. The van der Waals surface area contributed by atoms with Crippen LogP contribution in [-0.2, 0) is 0 Å². The summed E-state index contributed by atoms with van der Waals surface area (Å²) in [4.78, 5) is 0. The average Bonchev–Trinajstić information content (AvgIpc) is 2.33. The van der Waals surface area contributed by atoms with Gasteiger partial charge in [0.05, 0.1) is 0 Å². The monoisotopic (exact) mass is 249 g/mol. The molecule has 2 N–H and O–H groups in total. The molecule has 0 aromatic heterocycles. The van der Waals surface area contributed by atoms with Gasteiger partial charge in [-0.15, -0.1) is 0 Å². The van der Waals surface area contributed by atoms with Crippen LogP contribution in [0, 0.1) is 32.6 Å². The van der Waals surface area contributed by atoms with E-state index in [-0.39, 0.29) is 18.6 Å². The van der Waals surface area contributed by atoms with Gasteiger partial charge in [0, 0.05) is 18.6 Å². The summed E-state index contributed by atoms with van der Waals surface area (Å²) < 4.78 is 0. The van der Waals surface area contributed by atoms with Crippen LogP contribution in [0.4, 0.5) is 0 Å². The van der Waals surface area contributed by atoms with Crippen molar-refractivity contribution < 1.29 is 5.11 Å². The van der Waals surface area contributed by atoms with E-state index in [2.05, 4.69) is 52.1 Å². The highest BCUT2D eigenvalue weighted by Gasteiger charge is 2.25. The lowest BCUT2D eigenvalue weighted by atomic mass is 9.82. The molecule has 18 heavy (non-hydrogen) atoms. The summed E-state index contributed by atoms with van der Waals surface area (Å²) >= 11 is 0. The molecular weight excluding hydrogens is 222 g/mol. The maximum Gasteiger partial charge on any atom is 0.0479 e. The molecule has 1 aromatic rings. The molecule has 102 valence electrons. The van der Waals surface area contributed by atoms with Crippen molar-refractivity contribution in [2.45, 2.75) is 40.7 Å². The third kappa shape index (κ3) is 2.93. The third-order valence-corrected chi connectivity index (χ3v) is 4.24. The highest BCUT2D eigenvalue weighted by molar-refractivity contribution is 5.40. The lowest BCUT2D eigenvalue weighted by Gasteiger charge is -2.30. The van der Waals surface area contributed by atoms with E-state index in [1.807, 2.05) is 7.05 Å². The second-order valence-electron chi connectivity index (χ2n) is 5.58. The second kappa shape index (κ2) is 6.35. The van der Waals surface area contributed by atoms with Crippen molar-refractivity contribution in [3.05, 3.63) is 34.4 Å². The number of aliphatic hydroxyl groups is 1. The van der Waals surface area contributed by atoms with Crippen molar-refractivity contribution in [1.82, 2.24) is 5.32 Å². The lowest BCUT2D eigenvalue weighted by molar-refractivity contribution is 0.154. The van der Waals surface area contributed by atoms with E-state index < -0.39 is 0 Å². The van der Waals surface area contributed by atoms with Crippen molar-refractivity contribution in [1.29, 1.82) is 0 Å². The average molecular weight is 249 g/mol. The number of aryl methyl sites for hydroxylation is 1. The van der Waals surface area contributed by atoms with Gasteiger partial charge in [-0.1, -0.05) is 26.0 Å². The first-order valence-corrected chi connectivity index (χ1v) is 6.78. The summed E-state index contributed by atoms with van der Waals surface area (Å²) in [7, 11) is 1.98. The number of aliphatic hydroxyl groups excluding tert-OH is 1. The van der Waals surface area contributed by atoms with Crippen LogP contribution in [0.5, 0.6) is 0 Å². The number of hydrogen-bond donors (Lipinski definition) is 2. The first kappa shape index (κ1) is 15.2. The second-order valence-corrected chi connectivity index (χ2v) is 5.58. The Morgan fingerprint density at radius 1 is 1.11 bits per heavy atom. The molecule has 0 heterocycles. The number of rotatable bonds is 5. The van der Waals surface area contributed by atoms with Gasteiger partial charge < -0.3 is 10.4 Å². The van der Waals surface area contributed by atoms with Gasteiger partial charge in [-0.3, -0.25) is 0 Å². The van der Waals surface area contributed by atoms with Crippen LogP contribution in [0.1, 0.15) is 42.1 Å². The van der Waals surface area contributed by atoms with Crippen LogP contribution in [-0.4, -0.2) is 18.8 Å². The summed E-state index contributed by atoms with van der Waals surface area (Å²) in [5.74, 6) is 0.698. The Labute approximate surface area is 111 Å². The summed E-state index contributed by atoms with van der Waals surface area (Å²) in [6, 6.07) is 4.59. The van der Waals surface area contributed by atoms with Crippen LogP contribution in [0.25, 0.3) is 0 Å². The van der Waals surface area contributed by atoms with Gasteiger partial charge in [-0.25, -0.2) is 0 Å². The van der Waals surface area contributed by atoms with Crippen molar-refractivity contribution >= 4 is 0 Å². The zero-order valence-electron chi connectivity index (χ0n) is 12.5. The molecule has 0 bridgehead atoms. The van der Waals surface area contributed by atoms with E-state index >= 15 is 0 Å². The van der Waals surface area contributed by atoms with Crippen molar-refractivity contribution in [2.75, 3.05) is 13.7 Å². The SMILES string of the molecule is CNC(c1ccc(C)c(C)c1C)C(CO)C(C)C. The Kier molecular flexibility index (Phi) is 5.36. The van der Waals surface area contributed by atoms with Gasteiger partial charge in [0.15, 0.2) is 0 Å². The maximum atomic E-state index is 9.63. The molecule has 2 unspecified atom stereocenters. The topological polar surface area (TPSA) is 32.3 Å². The van der Waals surface area contributed by atoms with Gasteiger partial charge in [0.2, 0.25) is 0 Å². The predicted molar refractivity (Wildman–Crippen MR) is 77.9 cm³/mol. The molecule has 0 spiro atoms. The summed E-state index contributed by atoms with van der Waals surface area (Å²) in [6.07, 6.45) is 0. The van der Waals surface area contributed by atoms with Gasteiger partial charge in [0.25, 0.3) is 0 Å². The fourth-order valence-corrected chi connectivity index (χ4v) is 2.62. The molecule has 2 heteroatoms. The van der Waals surface area contributed by atoms with E-state index in [1.54, 1.807) is 0 Å². The molecule has 0 aliphatic heterocycles. The minimum atomic E-state index is 0.217. The number of nitrogens with one attached hydrogen (secondary N) is 1. The molecule has 0 aliphatic rings. The maximum absolute atomic E-state index is 9.63. The zero-order valence-corrected chi connectivity index (χ0v) is 12.5. The fraction of sp³-hybridized carbons (Fsp3) is 0.625. The van der Waals surface area contributed by atoms with Gasteiger partial charge in [0.1, 0.15) is 0 Å². The summed E-state index contributed by atoms with van der Waals surface area (Å²) in [5.41, 5.74) is 5.34. The van der Waals surface area contributed by atoms with Crippen LogP contribution < -0.4 is 5.32 Å². The number of benzene rings is 1. The molecule has 1 aromatic carbocycles. The molecule has 0 saturated heterocycles. The fourth-order valence-electron chi connectivity index (χ4n) is 2.62. The number of hydrogen-bond acceptors (Lipinski definition) is 2. The molecular formula is C16H27NO. The van der Waals surface area contributed by atoms with Gasteiger partial charge in [-0.05, 0) is 56.0 Å². The molecule has 2 atom stereocenters. The largest absolute Gasteiger partial charge is 0.396 e. The molecule has 0 aliphatic carbocycles. The van der Waals surface area contributed by atoms with E-state index in [0.717, 1.165) is 0 Å². The van der Waals surface area contributed by atoms with Crippen LogP contribution in [0.15, 0.2) is 12.1 Å². The first-order chi connectivity index (χ1) is 8.43. The molecule has 2 nitrogen and oxygen atoms in total. The van der Waals surface area contributed by atoms with E-state index in [9.17, 15) is 5.11 Å². The van der Waals surface area contributed by atoms with Crippen LogP contribution in [0.3, 0.4) is 0 Å². The van der Waals surface area contributed by atoms with Crippen molar-refractivity contribution in [3.63, 3.8) is 0 Å². The Hall–Kier alpha value is -0.860. The Morgan fingerprint density at radius 3 is 2.17 bits per heavy atom. The third-order valence-electron chi connectivity index (χ3n) is 4.24. The highest BCUT2D eigenvalue weighted by atomic mass is 16.3. The van der Waals surface area contributed by atoms with E-state index in [4.69, 9.17) is 0 Å². The Bertz CT molecular complexity index is 398. The summed E-state index contributed by atoms with van der Waals surface area (Å²) in [6.45, 7) is 11.0. The quantitative estimate of drug-likeness (QED) is 0.840. The molecule has 0 radical (unpaired) electrons. The molecule has 1 rings (SSSR count). The first-order valence-electron chi connectivity index (χ1n) is 6.78. The molecule has 0 saturated carbocycles. The predicted octanol–water partition coefficient (Wildman–Crippen LogP) is 3.14. The standard InChI is InChI=1S/C16H27NO/c1-10(2)15(9-18)16(17-6)14-8-7-11(3)12(4)13(14)5/h7-8,10,15-18H,9H2,1-6H3. The van der Waals surface area contributed by atoms with E-state index in [1.165, 1.54) is 22.3 Å². The van der Waals surface area contributed by atoms with Crippen LogP contribution in [0.2, 0.25) is 0 Å². The summed E-state index contributed by atoms with van der Waals surface area (Å²) in [5, 5.41) is 13.0. The lowest BCUT2D eigenvalue weighted by Crippen LogP contribution is -2.31. The Morgan fingerprint density at radius 2 is 1.72 bits per heavy atom. The van der Waals surface area contributed by atoms with E-state index in [0.29, 0.717) is 5.92 Å². The normalized spacial score (nSPS) is 14.9. The minimum absolute atomic E-state index is 0.217. The van der Waals surface area contributed by atoms with Crippen molar-refractivity contribution in [2.24, 2.45) is 11.8 Å². The van der Waals surface area contributed by atoms with Crippen LogP contribution >= 0.6 is 0 Å². The zero-order chi connectivity index (χ0) is 13.9. The van der Waals surface area contributed by atoms with Gasteiger partial charge in [-0.2, -0.15) is 0 Å². The van der Waals surface area contributed by atoms with Gasteiger partial charge >= 0.3 is 0 Å². The highest BCUT2D eigenvalue weighted by Crippen LogP contribution is 2.31. The molecule has 0 amide bonds. The smallest absolute Gasteiger partial charge is 0.0479 e. The Balaban J connectivity index is 3.20. The van der Waals surface area contributed by atoms with Crippen molar-refractivity contribution in [3.8, 4) is 0 Å².